The number of ether oxygens (including phenoxy) is 3. The molecule has 0 heterocycles. The first-order valence-electron chi connectivity index (χ1n) is 17.9. The van der Waals surface area contributed by atoms with Crippen LogP contribution in [0.5, 0.6) is 5.75 Å². The summed E-state index contributed by atoms with van der Waals surface area (Å²) in [5, 5.41) is 0. The van der Waals surface area contributed by atoms with Gasteiger partial charge in [-0.25, -0.2) is 0 Å². The summed E-state index contributed by atoms with van der Waals surface area (Å²) in [4.78, 5) is 12.5. The number of esters is 1. The molecule has 1 rings (SSSR count). The van der Waals surface area contributed by atoms with Gasteiger partial charge in [-0.3, -0.25) is 4.79 Å². The summed E-state index contributed by atoms with van der Waals surface area (Å²) in [6.07, 6.45) is 22.7. The predicted octanol–water partition coefficient (Wildman–Crippen LogP) is 11.8. The van der Waals surface area contributed by atoms with Gasteiger partial charge in [0.1, 0.15) is 5.75 Å². The lowest BCUT2D eigenvalue weighted by atomic mass is 9.78. The molecule has 1 aromatic rings. The van der Waals surface area contributed by atoms with Crippen LogP contribution >= 0.6 is 0 Å². The number of carbonyl (C=O) groups is 1. The third-order valence-electron chi connectivity index (χ3n) is 8.25. The third kappa shape index (κ3) is 18.8. The molecule has 0 unspecified atom stereocenters. The van der Waals surface area contributed by atoms with Gasteiger partial charge in [-0.15, -0.1) is 0 Å². The van der Waals surface area contributed by atoms with E-state index in [1.165, 1.54) is 89.9 Å². The van der Waals surface area contributed by atoms with Crippen LogP contribution < -0.4 is 4.74 Å². The lowest BCUT2D eigenvalue weighted by Gasteiger charge is -2.30. The van der Waals surface area contributed by atoms with E-state index in [0.717, 1.165) is 35.3 Å². The zero-order valence-electron chi connectivity index (χ0n) is 30.0. The van der Waals surface area contributed by atoms with Crippen molar-refractivity contribution in [2.24, 2.45) is 0 Å². The molecule has 0 aromatic heterocycles. The van der Waals surface area contributed by atoms with E-state index in [4.69, 9.17) is 14.2 Å². The fourth-order valence-electron chi connectivity index (χ4n) is 5.49. The number of carbonyl (C=O) groups excluding carboxylic acids is 1. The molecule has 1 aromatic carbocycles. The van der Waals surface area contributed by atoms with Gasteiger partial charge in [0.2, 0.25) is 0 Å². The molecule has 0 aliphatic carbocycles. The van der Waals surface area contributed by atoms with Gasteiger partial charge < -0.3 is 14.2 Å². The van der Waals surface area contributed by atoms with E-state index in [-0.39, 0.29) is 29.7 Å². The minimum absolute atomic E-state index is 0.0961. The highest BCUT2D eigenvalue weighted by Gasteiger charge is 2.28. The second-order valence-corrected chi connectivity index (χ2v) is 15.0. The Balaban J connectivity index is 2.33. The highest BCUT2D eigenvalue weighted by Crippen LogP contribution is 2.41. The van der Waals surface area contributed by atoms with E-state index in [2.05, 4.69) is 60.6 Å². The van der Waals surface area contributed by atoms with Gasteiger partial charge in [-0.1, -0.05) is 157 Å². The molecule has 4 heteroatoms. The fourth-order valence-corrected chi connectivity index (χ4v) is 5.49. The molecule has 0 amide bonds. The molecule has 0 aliphatic heterocycles. The first kappa shape index (κ1) is 39.5. The Hall–Kier alpha value is -1.55. The van der Waals surface area contributed by atoms with Gasteiger partial charge in [-0.2, -0.15) is 0 Å². The van der Waals surface area contributed by atoms with Crippen LogP contribution in [-0.4, -0.2) is 25.5 Å². The van der Waals surface area contributed by atoms with Crippen LogP contribution in [0.2, 0.25) is 0 Å². The van der Waals surface area contributed by atoms with E-state index >= 15 is 0 Å². The third-order valence-corrected chi connectivity index (χ3v) is 8.25. The molecule has 0 spiro atoms. The molecule has 0 saturated heterocycles. The Morgan fingerprint density at radius 1 is 0.674 bits per heavy atom. The summed E-state index contributed by atoms with van der Waals surface area (Å²) >= 11 is 0. The molecule has 0 saturated carbocycles. The second kappa shape index (κ2) is 22.0. The minimum Gasteiger partial charge on any atom is -0.467 e. The van der Waals surface area contributed by atoms with Crippen molar-refractivity contribution in [2.45, 2.75) is 195 Å². The smallest absolute Gasteiger partial charge is 0.306 e. The van der Waals surface area contributed by atoms with Crippen molar-refractivity contribution in [1.29, 1.82) is 0 Å². The van der Waals surface area contributed by atoms with Gasteiger partial charge in [0.05, 0.1) is 12.7 Å². The zero-order valence-corrected chi connectivity index (χ0v) is 30.0. The summed E-state index contributed by atoms with van der Waals surface area (Å²) in [7, 11) is 0. The molecule has 0 fully saturated rings. The van der Waals surface area contributed by atoms with E-state index in [1.54, 1.807) is 0 Å². The van der Waals surface area contributed by atoms with Gasteiger partial charge in [0, 0.05) is 17.5 Å². The number of hydrogen-bond acceptors (Lipinski definition) is 4. The SMILES string of the molecule is CCCCCCCCCCCCCCCCCCOC(=O)CCc1cc(C(C)(C)C)c(OCOC(C)C)c(C(C)(C)C)c1. The molecular weight excluding hydrogens is 532 g/mol. The maximum absolute atomic E-state index is 12.5. The fraction of sp³-hybridized carbons (Fsp3) is 0.821. The van der Waals surface area contributed by atoms with Crippen molar-refractivity contribution < 1.29 is 19.0 Å². The molecule has 0 radical (unpaired) electrons. The second-order valence-electron chi connectivity index (χ2n) is 15.0. The van der Waals surface area contributed by atoms with Crippen LogP contribution in [0.3, 0.4) is 0 Å². The first-order valence-corrected chi connectivity index (χ1v) is 17.9. The quantitative estimate of drug-likeness (QED) is 0.0670. The van der Waals surface area contributed by atoms with E-state index in [1.807, 2.05) is 13.8 Å². The normalized spacial score (nSPS) is 12.2. The Bertz CT molecular complexity index is 824. The molecule has 0 atom stereocenters. The van der Waals surface area contributed by atoms with Crippen LogP contribution in [0.25, 0.3) is 0 Å². The predicted molar refractivity (Wildman–Crippen MR) is 184 cm³/mol. The number of benzene rings is 1. The number of unbranched alkanes of at least 4 members (excludes halogenated alkanes) is 15. The molecule has 0 N–H and O–H groups in total. The molecule has 0 bridgehead atoms. The summed E-state index contributed by atoms with van der Waals surface area (Å²) < 4.78 is 17.6. The van der Waals surface area contributed by atoms with Gasteiger partial charge in [0.15, 0.2) is 6.79 Å². The average Bonchev–Trinajstić information content (AvgIpc) is 2.92. The zero-order chi connectivity index (χ0) is 32.1. The monoisotopic (exact) mass is 603 g/mol. The summed E-state index contributed by atoms with van der Waals surface area (Å²) in [5.74, 6) is 0.816. The Morgan fingerprint density at radius 2 is 1.09 bits per heavy atom. The first-order chi connectivity index (χ1) is 20.4. The van der Waals surface area contributed by atoms with Crippen molar-refractivity contribution in [3.63, 3.8) is 0 Å². The van der Waals surface area contributed by atoms with Crippen LogP contribution in [-0.2, 0) is 31.5 Å². The lowest BCUT2D eigenvalue weighted by molar-refractivity contribution is -0.143. The largest absolute Gasteiger partial charge is 0.467 e. The van der Waals surface area contributed by atoms with Crippen LogP contribution in [0.1, 0.15) is 188 Å². The lowest BCUT2D eigenvalue weighted by Crippen LogP contribution is -2.22. The minimum atomic E-state index is -0.100. The maximum atomic E-state index is 12.5. The highest BCUT2D eigenvalue weighted by molar-refractivity contribution is 5.69. The van der Waals surface area contributed by atoms with Crippen molar-refractivity contribution in [1.82, 2.24) is 0 Å². The molecule has 43 heavy (non-hydrogen) atoms. The molecule has 250 valence electrons. The van der Waals surface area contributed by atoms with Crippen molar-refractivity contribution >= 4 is 5.97 Å². The van der Waals surface area contributed by atoms with E-state index in [9.17, 15) is 4.79 Å². The highest BCUT2D eigenvalue weighted by atomic mass is 16.7. The summed E-state index contributed by atoms with van der Waals surface area (Å²) in [5.41, 5.74) is 3.27. The van der Waals surface area contributed by atoms with Crippen molar-refractivity contribution in [2.75, 3.05) is 13.4 Å². The Kier molecular flexibility index (Phi) is 20.2. The van der Waals surface area contributed by atoms with E-state index in [0.29, 0.717) is 19.4 Å². The number of hydrogen-bond donors (Lipinski definition) is 0. The molecule has 0 aliphatic rings. The topological polar surface area (TPSA) is 44.8 Å². The van der Waals surface area contributed by atoms with Crippen LogP contribution in [0.15, 0.2) is 12.1 Å². The number of rotatable bonds is 24. The van der Waals surface area contributed by atoms with Crippen LogP contribution in [0, 0.1) is 0 Å². The maximum Gasteiger partial charge on any atom is 0.306 e. The molecule has 4 nitrogen and oxygen atoms in total. The molecular formula is C39H70O4. The van der Waals surface area contributed by atoms with Crippen LogP contribution in [0.4, 0.5) is 0 Å². The van der Waals surface area contributed by atoms with E-state index < -0.39 is 0 Å². The summed E-state index contributed by atoms with van der Waals surface area (Å²) in [6.45, 7) is 20.3. The van der Waals surface area contributed by atoms with Gasteiger partial charge >= 0.3 is 5.97 Å². The number of aryl methyl sites for hydroxylation is 1. The standard InChI is InChI=1S/C39H70O4/c1-10-11-12-13-14-15-16-17-18-19-20-21-22-23-24-25-28-41-36(40)27-26-33-29-34(38(4,5)6)37(43-31-42-32(2)3)35(30-33)39(7,8)9/h29-30,32H,10-28,31H2,1-9H3. The van der Waals surface area contributed by atoms with Gasteiger partial charge in [0.25, 0.3) is 0 Å². The Labute approximate surface area is 267 Å². The summed E-state index contributed by atoms with van der Waals surface area (Å²) in [6, 6.07) is 4.42. The van der Waals surface area contributed by atoms with Crippen molar-refractivity contribution in [3.8, 4) is 5.75 Å². The van der Waals surface area contributed by atoms with Crippen molar-refractivity contribution in [3.05, 3.63) is 28.8 Å². The van der Waals surface area contributed by atoms with Gasteiger partial charge in [-0.05, 0) is 43.1 Å². The average molecular weight is 603 g/mol. The Morgan fingerprint density at radius 3 is 1.49 bits per heavy atom.